The van der Waals surface area contributed by atoms with E-state index >= 15 is 0 Å². The highest BCUT2D eigenvalue weighted by molar-refractivity contribution is 6.04. The van der Waals surface area contributed by atoms with Gasteiger partial charge in [0.2, 0.25) is 0 Å². The average Bonchev–Trinajstić information content (AvgIpc) is 3.46. The Balaban J connectivity index is 0.949. The second-order valence-corrected chi connectivity index (χ2v) is 18.4. The minimum atomic E-state index is 0.625. The fourth-order valence-corrected chi connectivity index (χ4v) is 9.79. The van der Waals surface area contributed by atoms with Crippen LogP contribution in [0.25, 0.3) is 127 Å². The van der Waals surface area contributed by atoms with Crippen LogP contribution in [0.2, 0.25) is 0 Å². The summed E-state index contributed by atoms with van der Waals surface area (Å²) in [6, 6.07) is 66.1. The lowest BCUT2D eigenvalue weighted by atomic mass is 9.94. The van der Waals surface area contributed by atoms with E-state index in [0.29, 0.717) is 5.82 Å². The first-order chi connectivity index (χ1) is 36.0. The third-order valence-corrected chi connectivity index (χ3v) is 13.7. The minimum Gasteiger partial charge on any atom is -0.254 e. The van der Waals surface area contributed by atoms with Crippen molar-refractivity contribution in [1.29, 1.82) is 0 Å². The molecule has 0 unspecified atom stereocenters. The Kier molecular flexibility index (Phi) is 11.0. The van der Waals surface area contributed by atoms with Gasteiger partial charge in [0.1, 0.15) is 0 Å². The maximum Gasteiger partial charge on any atom is 0.160 e. The quantitative estimate of drug-likeness (QED) is 0.148. The van der Waals surface area contributed by atoms with E-state index in [-0.39, 0.29) is 0 Å². The summed E-state index contributed by atoms with van der Waals surface area (Å²) in [5, 5.41) is 6.59. The van der Waals surface area contributed by atoms with Crippen LogP contribution in [0.4, 0.5) is 0 Å². The molecule has 0 spiro atoms. The first-order valence-electron chi connectivity index (χ1n) is 24.5. The summed E-state index contributed by atoms with van der Waals surface area (Å²) >= 11 is 0. The molecular weight excluding hydrogens is 889 g/mol. The van der Waals surface area contributed by atoms with Crippen molar-refractivity contribution in [2.24, 2.45) is 0 Å². The Hall–Kier alpha value is -9.78. The van der Waals surface area contributed by atoms with Gasteiger partial charge in [0.15, 0.2) is 5.82 Å². The maximum absolute atomic E-state index is 5.41. The van der Waals surface area contributed by atoms with Gasteiger partial charge in [-0.25, -0.2) is 19.9 Å². The molecule has 73 heavy (non-hydrogen) atoms. The summed E-state index contributed by atoms with van der Waals surface area (Å²) < 4.78 is 0. The van der Waals surface area contributed by atoms with Crippen molar-refractivity contribution in [2.45, 2.75) is 6.42 Å². The van der Waals surface area contributed by atoms with E-state index < -0.39 is 0 Å². The Morgan fingerprint density at radius 2 is 0.836 bits per heavy atom. The van der Waals surface area contributed by atoms with Crippen molar-refractivity contribution >= 4 is 60.0 Å². The molecular formula is C67H44N6. The summed E-state index contributed by atoms with van der Waals surface area (Å²) in [6.07, 6.45) is 19.0. The molecule has 5 aromatic heterocycles. The number of rotatable bonds is 7. The average molecular weight is 933 g/mol. The number of pyridine rings is 4. The van der Waals surface area contributed by atoms with Crippen LogP contribution in [0, 0.1) is 0 Å². The van der Waals surface area contributed by atoms with E-state index in [9.17, 15) is 0 Å². The number of hydrogen-bond acceptors (Lipinski definition) is 6. The van der Waals surface area contributed by atoms with Crippen molar-refractivity contribution in [3.05, 3.63) is 261 Å². The molecule has 0 fully saturated rings. The first-order valence-corrected chi connectivity index (χ1v) is 24.5. The van der Waals surface area contributed by atoms with E-state index in [1.165, 1.54) is 5.39 Å². The number of aromatic nitrogens is 6. The fourth-order valence-electron chi connectivity index (χ4n) is 9.79. The van der Waals surface area contributed by atoms with Gasteiger partial charge >= 0.3 is 0 Å². The smallest absolute Gasteiger partial charge is 0.160 e. The van der Waals surface area contributed by atoms with Gasteiger partial charge in [-0.2, -0.15) is 0 Å². The van der Waals surface area contributed by atoms with Gasteiger partial charge in [0.05, 0.1) is 44.8 Å². The van der Waals surface area contributed by atoms with Gasteiger partial charge in [0, 0.05) is 56.2 Å². The molecule has 0 atom stereocenters. The molecule has 5 heterocycles. The summed E-state index contributed by atoms with van der Waals surface area (Å²) in [5.41, 5.74) is 17.1. The number of allylic oxidation sites excluding steroid dienone is 9. The molecule has 7 aromatic carbocycles. The number of nitrogens with zero attached hydrogens (tertiary/aromatic N) is 6. The van der Waals surface area contributed by atoms with Crippen LogP contribution in [0.1, 0.15) is 12.1 Å². The first kappa shape index (κ1) is 43.3. The molecule has 0 N–H and O–H groups in total. The van der Waals surface area contributed by atoms with Gasteiger partial charge in [-0.15, -0.1) is 0 Å². The third-order valence-electron chi connectivity index (χ3n) is 13.7. The normalized spacial score (nSPS) is 14.8. The highest BCUT2D eigenvalue weighted by Crippen LogP contribution is 2.37. The highest BCUT2D eigenvalue weighted by Gasteiger charge is 2.16. The van der Waals surface area contributed by atoms with Gasteiger partial charge in [-0.05, 0) is 105 Å². The van der Waals surface area contributed by atoms with E-state index in [2.05, 4.69) is 207 Å². The van der Waals surface area contributed by atoms with Crippen LogP contribution in [0.15, 0.2) is 255 Å². The Labute approximate surface area is 422 Å². The highest BCUT2D eigenvalue weighted by atomic mass is 14.9. The van der Waals surface area contributed by atoms with Crippen LogP contribution in [0.3, 0.4) is 0 Å². The fraction of sp³-hybridized carbons (Fsp3) is 0.0149. The molecule has 0 amide bonds. The molecule has 1 aliphatic rings. The molecule has 0 bridgehead atoms. The molecule has 12 aromatic rings. The third kappa shape index (κ3) is 8.57. The molecule has 0 saturated carbocycles. The van der Waals surface area contributed by atoms with E-state index in [4.69, 9.17) is 29.9 Å². The molecule has 0 radical (unpaired) electrons. The number of fused-ring (bicyclic) bond motifs is 7. The topological polar surface area (TPSA) is 77.3 Å². The van der Waals surface area contributed by atoms with Gasteiger partial charge in [-0.3, -0.25) is 9.97 Å². The lowest BCUT2D eigenvalue weighted by Gasteiger charge is -2.14. The Morgan fingerprint density at radius 3 is 1.47 bits per heavy atom. The van der Waals surface area contributed by atoms with Crippen LogP contribution < -0.4 is 0 Å². The van der Waals surface area contributed by atoms with Gasteiger partial charge in [-0.1, -0.05) is 183 Å². The second-order valence-electron chi connectivity index (χ2n) is 18.4. The summed E-state index contributed by atoms with van der Waals surface area (Å²) in [5.74, 6) is 0.625. The summed E-state index contributed by atoms with van der Waals surface area (Å²) in [7, 11) is 0. The molecule has 6 heteroatoms. The zero-order chi connectivity index (χ0) is 48.7. The van der Waals surface area contributed by atoms with Crippen LogP contribution >= 0.6 is 0 Å². The molecule has 1 aliphatic carbocycles. The molecule has 342 valence electrons. The lowest BCUT2D eigenvalue weighted by Crippen LogP contribution is -1.99. The molecule has 13 rings (SSSR count). The van der Waals surface area contributed by atoms with E-state index in [1.807, 2.05) is 42.8 Å². The van der Waals surface area contributed by atoms with Crippen LogP contribution in [-0.2, 0) is 0 Å². The Morgan fingerprint density at radius 1 is 0.329 bits per heavy atom. The maximum atomic E-state index is 5.41. The van der Waals surface area contributed by atoms with Crippen molar-refractivity contribution in [3.8, 4) is 67.4 Å². The van der Waals surface area contributed by atoms with Crippen molar-refractivity contribution in [1.82, 2.24) is 29.9 Å². The zero-order valence-corrected chi connectivity index (χ0v) is 39.7. The predicted molar refractivity (Wildman–Crippen MR) is 303 cm³/mol. The van der Waals surface area contributed by atoms with Crippen molar-refractivity contribution in [2.75, 3.05) is 0 Å². The molecule has 0 aliphatic heterocycles. The SMILES string of the molecule is C=C1/C=C\C=C/C/C=C(c2cc(-c3ccc4ccccc4c3)nc(-c3cc(-c4ccc(-c5ccc6ccc7cccnc7c6n5)cc4)cc(-c4ccc(-c5ccc6ccc7cccnc7c6n5)cc4)c3)n2)\C=C/1. The predicted octanol–water partition coefficient (Wildman–Crippen LogP) is 16.8. The lowest BCUT2D eigenvalue weighted by molar-refractivity contribution is 1.15. The van der Waals surface area contributed by atoms with E-state index in [0.717, 1.165) is 134 Å². The van der Waals surface area contributed by atoms with Gasteiger partial charge in [0.25, 0.3) is 0 Å². The summed E-state index contributed by atoms with van der Waals surface area (Å²) in [6.45, 7) is 4.26. The van der Waals surface area contributed by atoms with E-state index in [1.54, 1.807) is 0 Å². The van der Waals surface area contributed by atoms with Crippen LogP contribution in [0.5, 0.6) is 0 Å². The standard InChI is InChI=1S/C67H44N6/c1-43-10-4-2-3-5-12-47(17-16-43)61-42-62(55-31-22-44-11-6-7-13-54(44)38-55)73-67(72-61)58-40-56(45-18-23-48(24-19-45)59-34-32-52-29-27-50-14-8-36-68-63(50)65(52)70-59)39-57(41-58)46-20-25-49(26-21-46)60-35-33-53-30-28-51-15-9-37-69-64(51)66(53)71-60/h2-4,6-42H,1,5H2/b3-2-,10-4-,17-16-,47-12+. The number of benzene rings is 7. The van der Waals surface area contributed by atoms with Crippen molar-refractivity contribution in [3.63, 3.8) is 0 Å². The molecule has 6 nitrogen and oxygen atoms in total. The minimum absolute atomic E-state index is 0.625. The largest absolute Gasteiger partial charge is 0.254 e. The second kappa shape index (κ2) is 18.5. The Bertz CT molecular complexity index is 4120. The monoisotopic (exact) mass is 932 g/mol. The van der Waals surface area contributed by atoms with Crippen molar-refractivity contribution < 1.29 is 0 Å². The van der Waals surface area contributed by atoms with Crippen LogP contribution in [-0.4, -0.2) is 29.9 Å². The van der Waals surface area contributed by atoms with Gasteiger partial charge < -0.3 is 0 Å². The molecule has 0 saturated heterocycles. The number of hydrogen-bond donors (Lipinski definition) is 0. The zero-order valence-electron chi connectivity index (χ0n) is 39.7. The summed E-state index contributed by atoms with van der Waals surface area (Å²) in [4.78, 5) is 30.5.